The van der Waals surface area contributed by atoms with Crippen LogP contribution in [0.1, 0.15) is 43.4 Å². The fraction of sp³-hybridized carbons (Fsp3) is 0.323. The average Bonchev–Trinajstić information content (AvgIpc) is 3.06. The summed E-state index contributed by atoms with van der Waals surface area (Å²) in [4.78, 5) is 32.8. The predicted molar refractivity (Wildman–Crippen MR) is 152 cm³/mol. The number of unbranched alkanes of at least 4 members (excludes halogenated alkanes) is 1. The van der Waals surface area contributed by atoms with Gasteiger partial charge in [0, 0.05) is 23.9 Å². The van der Waals surface area contributed by atoms with Crippen LogP contribution in [-0.2, 0) is 16.0 Å². The minimum absolute atomic E-state index is 0.185. The molecule has 7 heteroatoms. The Bertz CT molecular complexity index is 1260. The molecule has 4 rings (SSSR count). The molecule has 1 aliphatic heterocycles. The van der Waals surface area contributed by atoms with Crippen LogP contribution in [0.4, 0.5) is 5.69 Å². The summed E-state index contributed by atoms with van der Waals surface area (Å²) in [5, 5.41) is 5.84. The van der Waals surface area contributed by atoms with Crippen LogP contribution in [-0.4, -0.2) is 49.9 Å². The minimum Gasteiger partial charge on any atom is -0.494 e. The molecule has 2 amide bonds. The van der Waals surface area contributed by atoms with Crippen molar-refractivity contribution in [1.29, 1.82) is 0 Å². The molecular formula is C31H36N4O3. The molecule has 0 aliphatic carbocycles. The number of para-hydroxylation sites is 1. The van der Waals surface area contributed by atoms with E-state index in [0.717, 1.165) is 46.7 Å². The van der Waals surface area contributed by atoms with E-state index in [4.69, 9.17) is 9.73 Å². The molecule has 1 heterocycles. The van der Waals surface area contributed by atoms with E-state index in [0.29, 0.717) is 13.2 Å². The van der Waals surface area contributed by atoms with E-state index in [1.54, 1.807) is 6.92 Å². The second kappa shape index (κ2) is 12.9. The van der Waals surface area contributed by atoms with Crippen molar-refractivity contribution in [2.24, 2.45) is 4.99 Å². The highest BCUT2D eigenvalue weighted by Gasteiger charge is 2.25. The number of benzodiazepines with no additional fused rings is 1. The quantitative estimate of drug-likeness (QED) is 0.396. The molecule has 0 fully saturated rings. The molecule has 38 heavy (non-hydrogen) atoms. The number of carbonyl (C=O) groups is 2. The Morgan fingerprint density at radius 1 is 1.03 bits per heavy atom. The second-order valence-corrected chi connectivity index (χ2v) is 9.58. The predicted octanol–water partition coefficient (Wildman–Crippen LogP) is 4.34. The Kier molecular flexibility index (Phi) is 9.14. The topological polar surface area (TPSA) is 83.0 Å². The van der Waals surface area contributed by atoms with Crippen LogP contribution in [0.5, 0.6) is 5.75 Å². The van der Waals surface area contributed by atoms with E-state index in [-0.39, 0.29) is 18.2 Å². The maximum Gasteiger partial charge on any atom is 0.243 e. The Morgan fingerprint density at radius 2 is 1.74 bits per heavy atom. The normalized spacial score (nSPS) is 15.5. The zero-order valence-electron chi connectivity index (χ0n) is 22.3. The number of carbonyl (C=O) groups excluding carboxylic acids is 2. The SMILES string of the molecule is CCCCOc1ccc(CC(=O)N[C@@H](C)C(=O)N[C@@H]2CN(C)c3ccccc3C(c3ccccc3)=N2)cc1. The number of ether oxygens (including phenoxy) is 1. The van der Waals surface area contributed by atoms with Gasteiger partial charge >= 0.3 is 0 Å². The summed E-state index contributed by atoms with van der Waals surface area (Å²) in [6.07, 6.45) is 1.79. The third-order valence-corrected chi connectivity index (χ3v) is 6.48. The smallest absolute Gasteiger partial charge is 0.243 e. The van der Waals surface area contributed by atoms with Gasteiger partial charge in [-0.3, -0.25) is 14.6 Å². The van der Waals surface area contributed by atoms with Crippen molar-refractivity contribution in [2.75, 3.05) is 25.1 Å². The molecule has 198 valence electrons. The molecule has 2 atom stereocenters. The van der Waals surface area contributed by atoms with Crippen LogP contribution < -0.4 is 20.3 Å². The fourth-order valence-electron chi connectivity index (χ4n) is 4.41. The van der Waals surface area contributed by atoms with Gasteiger partial charge in [-0.1, -0.05) is 74.0 Å². The van der Waals surface area contributed by atoms with Crippen molar-refractivity contribution in [3.8, 4) is 5.75 Å². The van der Waals surface area contributed by atoms with Gasteiger partial charge in [0.25, 0.3) is 0 Å². The third kappa shape index (κ3) is 7.00. The van der Waals surface area contributed by atoms with Crippen LogP contribution in [0.2, 0.25) is 0 Å². The molecule has 2 N–H and O–H groups in total. The van der Waals surface area contributed by atoms with Gasteiger partial charge in [0.1, 0.15) is 18.0 Å². The Balaban J connectivity index is 1.39. The first-order valence-corrected chi connectivity index (χ1v) is 13.2. The highest BCUT2D eigenvalue weighted by molar-refractivity contribution is 6.16. The van der Waals surface area contributed by atoms with Crippen molar-refractivity contribution in [1.82, 2.24) is 10.6 Å². The van der Waals surface area contributed by atoms with Gasteiger partial charge in [0.15, 0.2) is 0 Å². The molecule has 3 aromatic rings. The molecular weight excluding hydrogens is 476 g/mol. The molecule has 1 aliphatic rings. The zero-order valence-corrected chi connectivity index (χ0v) is 22.3. The lowest BCUT2D eigenvalue weighted by Gasteiger charge is -2.24. The van der Waals surface area contributed by atoms with Crippen molar-refractivity contribution in [3.05, 3.63) is 95.6 Å². The summed E-state index contributed by atoms with van der Waals surface area (Å²) < 4.78 is 5.68. The Labute approximate surface area is 224 Å². The largest absolute Gasteiger partial charge is 0.494 e. The molecule has 0 bridgehead atoms. The van der Waals surface area contributed by atoms with Gasteiger partial charge < -0.3 is 20.3 Å². The van der Waals surface area contributed by atoms with E-state index in [1.807, 2.05) is 73.8 Å². The monoisotopic (exact) mass is 512 g/mol. The molecule has 0 saturated heterocycles. The van der Waals surface area contributed by atoms with Crippen LogP contribution >= 0.6 is 0 Å². The highest BCUT2D eigenvalue weighted by Crippen LogP contribution is 2.26. The Hall–Kier alpha value is -4.13. The maximum absolute atomic E-state index is 13.1. The molecule has 7 nitrogen and oxygen atoms in total. The molecule has 0 aromatic heterocycles. The van der Waals surface area contributed by atoms with Gasteiger partial charge in [0.05, 0.1) is 25.3 Å². The number of fused-ring (bicyclic) bond motifs is 1. The van der Waals surface area contributed by atoms with E-state index in [2.05, 4.69) is 34.6 Å². The first-order valence-electron chi connectivity index (χ1n) is 13.2. The number of anilines is 1. The van der Waals surface area contributed by atoms with Crippen LogP contribution in [0, 0.1) is 0 Å². The van der Waals surface area contributed by atoms with Crippen LogP contribution in [0.3, 0.4) is 0 Å². The lowest BCUT2D eigenvalue weighted by molar-refractivity contribution is -0.128. The van der Waals surface area contributed by atoms with Crippen molar-refractivity contribution < 1.29 is 14.3 Å². The van der Waals surface area contributed by atoms with Gasteiger partial charge in [-0.15, -0.1) is 0 Å². The third-order valence-electron chi connectivity index (χ3n) is 6.48. The summed E-state index contributed by atoms with van der Waals surface area (Å²) >= 11 is 0. The highest BCUT2D eigenvalue weighted by atomic mass is 16.5. The number of amides is 2. The molecule has 0 saturated carbocycles. The van der Waals surface area contributed by atoms with Gasteiger partial charge in [-0.05, 0) is 37.1 Å². The van der Waals surface area contributed by atoms with E-state index >= 15 is 0 Å². The number of likely N-dealkylation sites (N-methyl/N-ethyl adjacent to an activating group) is 1. The number of rotatable bonds is 10. The molecule has 3 aromatic carbocycles. The van der Waals surface area contributed by atoms with Crippen molar-refractivity contribution >= 4 is 23.2 Å². The standard InChI is InChI=1S/C31H36N4O3/c1-4-5-19-38-25-17-15-23(16-18-25)20-29(36)32-22(2)31(37)34-28-21-35(3)27-14-10-9-13-26(27)30(33-28)24-11-7-6-8-12-24/h6-18,22,28H,4-5,19-21H2,1-3H3,(H,32,36)(H,34,37)/t22-,28+/m0/s1. The summed E-state index contributed by atoms with van der Waals surface area (Å²) in [5.74, 6) is 0.297. The average molecular weight is 513 g/mol. The maximum atomic E-state index is 13.1. The zero-order chi connectivity index (χ0) is 26.9. The number of hydrogen-bond donors (Lipinski definition) is 2. The summed E-state index contributed by atoms with van der Waals surface area (Å²) in [6, 6.07) is 24.9. The second-order valence-electron chi connectivity index (χ2n) is 9.58. The summed E-state index contributed by atoms with van der Waals surface area (Å²) in [7, 11) is 1.99. The molecule has 0 spiro atoms. The Morgan fingerprint density at radius 3 is 2.47 bits per heavy atom. The minimum atomic E-state index is -0.703. The van der Waals surface area contributed by atoms with Crippen LogP contribution in [0.15, 0.2) is 83.9 Å². The molecule has 0 radical (unpaired) electrons. The number of aliphatic imine (C=N–C) groups is 1. The number of nitrogens with one attached hydrogen (secondary N) is 2. The lowest BCUT2D eigenvalue weighted by atomic mass is 10.0. The number of benzene rings is 3. The van der Waals surface area contributed by atoms with Gasteiger partial charge in [-0.2, -0.15) is 0 Å². The van der Waals surface area contributed by atoms with Gasteiger partial charge in [0.2, 0.25) is 11.8 Å². The van der Waals surface area contributed by atoms with Crippen molar-refractivity contribution in [3.63, 3.8) is 0 Å². The fourth-order valence-corrected chi connectivity index (χ4v) is 4.41. The molecule has 0 unspecified atom stereocenters. The first-order chi connectivity index (χ1) is 18.4. The van der Waals surface area contributed by atoms with E-state index in [9.17, 15) is 9.59 Å². The van der Waals surface area contributed by atoms with Crippen LogP contribution in [0.25, 0.3) is 0 Å². The summed E-state index contributed by atoms with van der Waals surface area (Å²) in [6.45, 7) is 5.00. The van der Waals surface area contributed by atoms with Gasteiger partial charge in [-0.25, -0.2) is 0 Å². The van der Waals surface area contributed by atoms with E-state index in [1.165, 1.54) is 0 Å². The first kappa shape index (κ1) is 26.9. The van der Waals surface area contributed by atoms with E-state index < -0.39 is 12.2 Å². The number of hydrogen-bond acceptors (Lipinski definition) is 5. The lowest BCUT2D eigenvalue weighted by Crippen LogP contribution is -2.50. The van der Waals surface area contributed by atoms with Crippen molar-refractivity contribution in [2.45, 2.75) is 45.3 Å². The summed E-state index contributed by atoms with van der Waals surface area (Å²) in [5.41, 5.74) is 4.74. The number of nitrogens with zero attached hydrogens (tertiary/aromatic N) is 2.